The molecule has 2 atom stereocenters. The van der Waals surface area contributed by atoms with Crippen molar-refractivity contribution in [1.29, 1.82) is 0 Å². The van der Waals surface area contributed by atoms with Gasteiger partial charge in [0, 0.05) is 11.0 Å². The van der Waals surface area contributed by atoms with Gasteiger partial charge in [-0.1, -0.05) is 43.6 Å². The normalized spacial score (nSPS) is 21.9. The van der Waals surface area contributed by atoms with Gasteiger partial charge in [-0.3, -0.25) is 4.79 Å². The Morgan fingerprint density at radius 3 is 2.14 bits per heavy atom. The van der Waals surface area contributed by atoms with Crippen molar-refractivity contribution in [1.82, 2.24) is 0 Å². The zero-order valence-corrected chi connectivity index (χ0v) is 13.7. The van der Waals surface area contributed by atoms with Gasteiger partial charge < -0.3 is 10.6 Å². The van der Waals surface area contributed by atoms with Gasteiger partial charge in [0.15, 0.2) is 0 Å². The number of nitrogens with two attached hydrogens (primary N) is 1. The minimum atomic E-state index is -0.509. The molecule has 1 aliphatic heterocycles. The highest BCUT2D eigenvalue weighted by molar-refractivity contribution is 6.15. The number of primary amides is 1. The molecule has 1 heterocycles. The van der Waals surface area contributed by atoms with Gasteiger partial charge in [-0.2, -0.15) is 0 Å². The van der Waals surface area contributed by atoms with Crippen molar-refractivity contribution in [3.63, 3.8) is 0 Å². The number of amides is 1. The average Bonchev–Trinajstić information content (AvgIpc) is 2.71. The van der Waals surface area contributed by atoms with Crippen molar-refractivity contribution in [3.05, 3.63) is 34.4 Å². The average molecular weight is 288 g/mol. The third kappa shape index (κ3) is 2.80. The van der Waals surface area contributed by atoms with E-state index in [9.17, 15) is 4.79 Å². The summed E-state index contributed by atoms with van der Waals surface area (Å²) < 4.78 is 0. The van der Waals surface area contributed by atoms with Crippen LogP contribution in [0.5, 0.6) is 0 Å². The van der Waals surface area contributed by atoms with Gasteiger partial charge in [-0.25, -0.2) is 0 Å². The van der Waals surface area contributed by atoms with E-state index in [0.29, 0.717) is 5.71 Å². The van der Waals surface area contributed by atoms with Crippen LogP contribution in [0.1, 0.15) is 43.0 Å². The number of benzene rings is 1. The van der Waals surface area contributed by atoms with E-state index in [4.69, 9.17) is 10.6 Å². The quantitative estimate of drug-likeness (QED) is 0.909. The fraction of sp³-hybridized carbons (Fsp3) is 0.529. The first-order valence-electron chi connectivity index (χ1n) is 7.24. The van der Waals surface area contributed by atoms with Crippen molar-refractivity contribution in [3.8, 4) is 0 Å². The molecule has 1 aromatic rings. The fourth-order valence-corrected chi connectivity index (χ4v) is 3.10. The maximum atomic E-state index is 12.0. The van der Waals surface area contributed by atoms with E-state index >= 15 is 0 Å². The van der Waals surface area contributed by atoms with Crippen LogP contribution >= 0.6 is 0 Å². The van der Waals surface area contributed by atoms with Crippen molar-refractivity contribution in [2.45, 2.75) is 47.6 Å². The first-order chi connectivity index (χ1) is 9.62. The summed E-state index contributed by atoms with van der Waals surface area (Å²) in [4.78, 5) is 17.6. The lowest BCUT2D eigenvalue weighted by Crippen LogP contribution is -2.43. The van der Waals surface area contributed by atoms with Crippen LogP contribution in [0.3, 0.4) is 0 Å². The van der Waals surface area contributed by atoms with Gasteiger partial charge in [0.05, 0.1) is 0 Å². The summed E-state index contributed by atoms with van der Waals surface area (Å²) in [6.07, 6.45) is -0.329. The predicted octanol–water partition coefficient (Wildman–Crippen LogP) is 2.86. The molecule has 4 heteroatoms. The smallest absolute Gasteiger partial charge is 0.230 e. The lowest BCUT2D eigenvalue weighted by atomic mass is 9.77. The molecule has 21 heavy (non-hydrogen) atoms. The number of carbonyl (C=O) groups is 1. The van der Waals surface area contributed by atoms with E-state index in [1.54, 1.807) is 0 Å². The molecular weight excluding hydrogens is 264 g/mol. The zero-order valence-electron chi connectivity index (χ0n) is 13.7. The van der Waals surface area contributed by atoms with Gasteiger partial charge in [0.1, 0.15) is 17.7 Å². The molecule has 0 spiro atoms. The first-order valence-corrected chi connectivity index (χ1v) is 7.24. The fourth-order valence-electron chi connectivity index (χ4n) is 3.10. The van der Waals surface area contributed by atoms with Crippen LogP contribution in [0.4, 0.5) is 0 Å². The molecule has 0 fully saturated rings. The monoisotopic (exact) mass is 288 g/mol. The standard InChI is InChI=1S/C17H24N2O2/c1-9-7-10(2)12(11(3)8-9)14-13(16(18)20)15(21-19-14)17(4,5)6/h7-8,13,15H,1-6H3,(H2,18,20)/t13-,15-/m1/s1. The van der Waals surface area contributed by atoms with Crippen molar-refractivity contribution >= 4 is 11.6 Å². The van der Waals surface area contributed by atoms with Gasteiger partial charge in [-0.05, 0) is 31.9 Å². The first kappa shape index (κ1) is 15.5. The summed E-state index contributed by atoms with van der Waals surface area (Å²) in [5.41, 5.74) is 10.5. The van der Waals surface area contributed by atoms with Crippen LogP contribution in [0.25, 0.3) is 0 Å². The number of hydrogen-bond acceptors (Lipinski definition) is 3. The molecule has 0 saturated heterocycles. The van der Waals surface area contributed by atoms with Crippen molar-refractivity contribution in [2.24, 2.45) is 22.2 Å². The molecule has 0 radical (unpaired) electrons. The zero-order chi connectivity index (χ0) is 15.9. The molecular formula is C17H24N2O2. The molecule has 0 unspecified atom stereocenters. The third-order valence-electron chi connectivity index (χ3n) is 3.96. The van der Waals surface area contributed by atoms with Crippen molar-refractivity contribution in [2.75, 3.05) is 0 Å². The van der Waals surface area contributed by atoms with E-state index in [1.165, 1.54) is 5.56 Å². The van der Waals surface area contributed by atoms with Crippen LogP contribution in [-0.2, 0) is 9.63 Å². The molecule has 0 aromatic heterocycles. The van der Waals surface area contributed by atoms with Crippen LogP contribution in [0.15, 0.2) is 17.3 Å². The molecule has 1 amide bonds. The molecule has 114 valence electrons. The van der Waals surface area contributed by atoms with Gasteiger partial charge in [-0.15, -0.1) is 0 Å². The number of rotatable bonds is 2. The van der Waals surface area contributed by atoms with Crippen LogP contribution in [0, 0.1) is 32.1 Å². The summed E-state index contributed by atoms with van der Waals surface area (Å²) in [6, 6.07) is 4.18. The van der Waals surface area contributed by atoms with Crippen molar-refractivity contribution < 1.29 is 9.63 Å². The molecule has 0 aliphatic carbocycles. The van der Waals surface area contributed by atoms with Gasteiger partial charge in [0.2, 0.25) is 5.91 Å². The van der Waals surface area contributed by atoms with Crippen LogP contribution < -0.4 is 5.73 Å². The second-order valence-corrected chi connectivity index (χ2v) is 7.02. The number of hydrogen-bond donors (Lipinski definition) is 1. The molecule has 0 saturated carbocycles. The van der Waals surface area contributed by atoms with E-state index in [0.717, 1.165) is 16.7 Å². The Morgan fingerprint density at radius 1 is 1.19 bits per heavy atom. The minimum Gasteiger partial charge on any atom is -0.390 e. The largest absolute Gasteiger partial charge is 0.390 e. The molecule has 1 aliphatic rings. The Bertz CT molecular complexity index is 589. The Kier molecular flexibility index (Phi) is 3.83. The molecule has 1 aromatic carbocycles. The summed E-state index contributed by atoms with van der Waals surface area (Å²) in [5, 5.41) is 4.22. The number of nitrogens with zero attached hydrogens (tertiary/aromatic N) is 1. The SMILES string of the molecule is Cc1cc(C)c(C2=NO[C@@H](C(C)(C)C)[C@@H]2C(N)=O)c(C)c1. The maximum absolute atomic E-state index is 12.0. The summed E-state index contributed by atoms with van der Waals surface area (Å²) in [5.74, 6) is -0.893. The van der Waals surface area contributed by atoms with Crippen LogP contribution in [-0.4, -0.2) is 17.7 Å². The number of aryl methyl sites for hydroxylation is 3. The third-order valence-corrected chi connectivity index (χ3v) is 3.96. The molecule has 2 rings (SSSR count). The topological polar surface area (TPSA) is 64.7 Å². The summed E-state index contributed by atoms with van der Waals surface area (Å²) >= 11 is 0. The number of carbonyl (C=O) groups excluding carboxylic acids is 1. The Hall–Kier alpha value is -1.84. The van der Waals surface area contributed by atoms with E-state index in [1.807, 2.05) is 34.6 Å². The van der Waals surface area contributed by atoms with E-state index < -0.39 is 5.92 Å². The lowest BCUT2D eigenvalue weighted by molar-refractivity contribution is -0.125. The lowest BCUT2D eigenvalue weighted by Gasteiger charge is -2.28. The van der Waals surface area contributed by atoms with E-state index in [-0.39, 0.29) is 17.4 Å². The molecule has 4 nitrogen and oxygen atoms in total. The number of oxime groups is 1. The Balaban J connectivity index is 2.52. The Labute approximate surface area is 126 Å². The van der Waals surface area contributed by atoms with Gasteiger partial charge in [0.25, 0.3) is 0 Å². The summed E-state index contributed by atoms with van der Waals surface area (Å²) in [6.45, 7) is 12.2. The second kappa shape index (κ2) is 5.17. The highest BCUT2D eigenvalue weighted by Gasteiger charge is 2.46. The Morgan fingerprint density at radius 2 is 1.71 bits per heavy atom. The van der Waals surface area contributed by atoms with Crippen LogP contribution in [0.2, 0.25) is 0 Å². The minimum absolute atomic E-state index is 0.211. The maximum Gasteiger partial charge on any atom is 0.230 e. The second-order valence-electron chi connectivity index (χ2n) is 7.02. The highest BCUT2D eigenvalue weighted by atomic mass is 16.6. The highest BCUT2D eigenvalue weighted by Crippen LogP contribution is 2.36. The molecule has 2 N–H and O–H groups in total. The predicted molar refractivity (Wildman–Crippen MR) is 84.2 cm³/mol. The summed E-state index contributed by atoms with van der Waals surface area (Å²) in [7, 11) is 0. The van der Waals surface area contributed by atoms with Gasteiger partial charge >= 0.3 is 0 Å². The van der Waals surface area contributed by atoms with E-state index in [2.05, 4.69) is 24.2 Å². The molecule has 0 bridgehead atoms.